The highest BCUT2D eigenvalue weighted by Gasteiger charge is 2.20. The Bertz CT molecular complexity index is 366. The van der Waals surface area contributed by atoms with E-state index in [1.807, 2.05) is 0 Å². The summed E-state index contributed by atoms with van der Waals surface area (Å²) < 4.78 is 0. The van der Waals surface area contributed by atoms with Gasteiger partial charge in [0.25, 0.3) is 0 Å². The van der Waals surface area contributed by atoms with Gasteiger partial charge in [-0.25, -0.2) is 0 Å². The highest BCUT2D eigenvalue weighted by atomic mass is 15.2. The van der Waals surface area contributed by atoms with Gasteiger partial charge < -0.3 is 0 Å². The fraction of sp³-hybridized carbons (Fsp3) is 0.533. The molecule has 0 aromatic heterocycles. The lowest BCUT2D eigenvalue weighted by Gasteiger charge is -2.31. The van der Waals surface area contributed by atoms with Crippen LogP contribution in [0.5, 0.6) is 0 Å². The average molecular weight is 228 g/mol. The van der Waals surface area contributed by atoms with E-state index < -0.39 is 0 Å². The first-order chi connectivity index (χ1) is 8.40. The molecule has 90 valence electrons. The lowest BCUT2D eigenvalue weighted by Crippen LogP contribution is -2.39. The third-order valence-electron chi connectivity index (χ3n) is 3.52. The summed E-state index contributed by atoms with van der Waals surface area (Å²) >= 11 is 0. The van der Waals surface area contributed by atoms with E-state index in [1.54, 1.807) is 0 Å². The van der Waals surface area contributed by atoms with Gasteiger partial charge in [-0.3, -0.25) is 4.90 Å². The van der Waals surface area contributed by atoms with E-state index in [9.17, 15) is 0 Å². The van der Waals surface area contributed by atoms with Crippen molar-refractivity contribution in [1.29, 1.82) is 5.26 Å². The Balaban J connectivity index is 1.76. The first-order valence-electron chi connectivity index (χ1n) is 6.58. The van der Waals surface area contributed by atoms with Crippen molar-refractivity contribution in [2.24, 2.45) is 0 Å². The molecule has 2 heteroatoms. The van der Waals surface area contributed by atoms with Crippen molar-refractivity contribution in [2.75, 3.05) is 13.1 Å². The molecule has 1 aromatic rings. The van der Waals surface area contributed by atoms with E-state index in [-0.39, 0.29) is 6.04 Å². The number of hydrogen-bond donors (Lipinski definition) is 0. The summed E-state index contributed by atoms with van der Waals surface area (Å²) in [6.07, 6.45) is 5.80. The Morgan fingerprint density at radius 1 is 1.24 bits per heavy atom. The van der Waals surface area contributed by atoms with Gasteiger partial charge in [0.1, 0.15) is 0 Å². The number of hydrogen-bond acceptors (Lipinski definition) is 2. The summed E-state index contributed by atoms with van der Waals surface area (Å²) in [6, 6.07) is 13.2. The SMILES string of the molecule is N#CC1CCCCN1CCCc1ccccc1. The highest BCUT2D eigenvalue weighted by Crippen LogP contribution is 2.17. The van der Waals surface area contributed by atoms with Gasteiger partial charge in [0, 0.05) is 0 Å². The number of likely N-dealkylation sites (tertiary alicyclic amines) is 1. The molecule has 1 aliphatic heterocycles. The molecule has 0 radical (unpaired) electrons. The smallest absolute Gasteiger partial charge is 0.0977 e. The number of nitriles is 1. The van der Waals surface area contributed by atoms with Crippen LogP contribution in [-0.4, -0.2) is 24.0 Å². The van der Waals surface area contributed by atoms with Crippen molar-refractivity contribution < 1.29 is 0 Å². The molecule has 1 unspecified atom stereocenters. The normalized spacial score (nSPS) is 21.0. The fourth-order valence-corrected chi connectivity index (χ4v) is 2.54. The van der Waals surface area contributed by atoms with Crippen molar-refractivity contribution in [2.45, 2.75) is 38.1 Å². The Morgan fingerprint density at radius 3 is 2.82 bits per heavy atom. The van der Waals surface area contributed by atoms with Crippen molar-refractivity contribution in [3.63, 3.8) is 0 Å². The zero-order valence-corrected chi connectivity index (χ0v) is 10.3. The average Bonchev–Trinajstić information content (AvgIpc) is 2.40. The molecular formula is C15H20N2. The van der Waals surface area contributed by atoms with Crippen molar-refractivity contribution in [3.05, 3.63) is 35.9 Å². The van der Waals surface area contributed by atoms with Crippen LogP contribution in [0.15, 0.2) is 30.3 Å². The lowest BCUT2D eigenvalue weighted by atomic mass is 10.0. The summed E-state index contributed by atoms with van der Waals surface area (Å²) in [5, 5.41) is 9.09. The van der Waals surface area contributed by atoms with E-state index in [2.05, 4.69) is 41.3 Å². The van der Waals surface area contributed by atoms with Crippen LogP contribution < -0.4 is 0 Å². The van der Waals surface area contributed by atoms with E-state index in [0.717, 1.165) is 32.4 Å². The molecule has 1 saturated heterocycles. The topological polar surface area (TPSA) is 27.0 Å². The predicted octanol–water partition coefficient (Wildman–Crippen LogP) is 3.00. The predicted molar refractivity (Wildman–Crippen MR) is 69.6 cm³/mol. The van der Waals surface area contributed by atoms with Gasteiger partial charge in [0.15, 0.2) is 0 Å². The third kappa shape index (κ3) is 3.57. The second-order valence-corrected chi connectivity index (χ2v) is 4.77. The molecule has 0 bridgehead atoms. The quantitative estimate of drug-likeness (QED) is 0.792. The van der Waals surface area contributed by atoms with E-state index >= 15 is 0 Å². The maximum Gasteiger partial charge on any atom is 0.0977 e. The maximum absolute atomic E-state index is 9.09. The largest absolute Gasteiger partial charge is 0.288 e. The molecule has 1 atom stereocenters. The summed E-state index contributed by atoms with van der Waals surface area (Å²) in [4.78, 5) is 2.35. The minimum absolute atomic E-state index is 0.166. The molecule has 0 N–H and O–H groups in total. The molecule has 0 spiro atoms. The molecule has 1 aromatic carbocycles. The Hall–Kier alpha value is -1.33. The van der Waals surface area contributed by atoms with Gasteiger partial charge in [0.2, 0.25) is 0 Å². The van der Waals surface area contributed by atoms with Crippen LogP contribution in [0.1, 0.15) is 31.2 Å². The van der Waals surface area contributed by atoms with E-state index in [0.29, 0.717) is 0 Å². The van der Waals surface area contributed by atoms with Crippen LogP contribution in [0.3, 0.4) is 0 Å². The summed E-state index contributed by atoms with van der Waals surface area (Å²) in [6.45, 7) is 2.17. The van der Waals surface area contributed by atoms with Gasteiger partial charge in [-0.15, -0.1) is 0 Å². The van der Waals surface area contributed by atoms with Crippen LogP contribution in [-0.2, 0) is 6.42 Å². The van der Waals surface area contributed by atoms with Crippen LogP contribution in [0.25, 0.3) is 0 Å². The second-order valence-electron chi connectivity index (χ2n) is 4.77. The summed E-state index contributed by atoms with van der Waals surface area (Å²) in [7, 11) is 0. The van der Waals surface area contributed by atoms with Gasteiger partial charge in [-0.1, -0.05) is 30.3 Å². The third-order valence-corrected chi connectivity index (χ3v) is 3.52. The summed E-state index contributed by atoms with van der Waals surface area (Å²) in [5.74, 6) is 0. The Kier molecular flexibility index (Phi) is 4.58. The van der Waals surface area contributed by atoms with Crippen LogP contribution in [0.2, 0.25) is 0 Å². The monoisotopic (exact) mass is 228 g/mol. The number of nitrogens with zero attached hydrogens (tertiary/aromatic N) is 2. The van der Waals surface area contributed by atoms with Crippen LogP contribution in [0.4, 0.5) is 0 Å². The number of aryl methyl sites for hydroxylation is 1. The van der Waals surface area contributed by atoms with Crippen molar-refractivity contribution in [1.82, 2.24) is 4.90 Å². The fourth-order valence-electron chi connectivity index (χ4n) is 2.54. The molecule has 2 nitrogen and oxygen atoms in total. The molecule has 0 saturated carbocycles. The van der Waals surface area contributed by atoms with Gasteiger partial charge >= 0.3 is 0 Å². The Labute approximate surface area is 104 Å². The van der Waals surface area contributed by atoms with Crippen LogP contribution in [0, 0.1) is 11.3 Å². The molecule has 2 rings (SSSR count). The molecule has 1 heterocycles. The first kappa shape index (κ1) is 12.1. The molecule has 0 aliphatic carbocycles. The maximum atomic E-state index is 9.09. The molecule has 1 aliphatic rings. The molecule has 0 amide bonds. The van der Waals surface area contributed by atoms with Crippen LogP contribution >= 0.6 is 0 Å². The van der Waals surface area contributed by atoms with Crippen molar-refractivity contribution in [3.8, 4) is 6.07 Å². The minimum Gasteiger partial charge on any atom is -0.288 e. The zero-order chi connectivity index (χ0) is 11.9. The minimum atomic E-state index is 0.166. The highest BCUT2D eigenvalue weighted by molar-refractivity contribution is 5.14. The van der Waals surface area contributed by atoms with E-state index in [1.165, 1.54) is 18.4 Å². The number of benzene rings is 1. The molecular weight excluding hydrogens is 208 g/mol. The lowest BCUT2D eigenvalue weighted by molar-refractivity contribution is 0.183. The number of piperidine rings is 1. The van der Waals surface area contributed by atoms with Gasteiger partial charge in [-0.05, 0) is 50.8 Å². The van der Waals surface area contributed by atoms with Crippen molar-refractivity contribution >= 4 is 0 Å². The standard InChI is InChI=1S/C15H20N2/c16-13-15-10-4-5-11-17(15)12-6-9-14-7-2-1-3-8-14/h1-3,7-8,15H,4-6,9-12H2. The summed E-state index contributed by atoms with van der Waals surface area (Å²) in [5.41, 5.74) is 1.40. The van der Waals surface area contributed by atoms with Gasteiger partial charge in [-0.2, -0.15) is 5.26 Å². The second kappa shape index (κ2) is 6.42. The molecule has 17 heavy (non-hydrogen) atoms. The van der Waals surface area contributed by atoms with E-state index in [4.69, 9.17) is 5.26 Å². The Morgan fingerprint density at radius 2 is 2.06 bits per heavy atom. The molecule has 1 fully saturated rings. The first-order valence-corrected chi connectivity index (χ1v) is 6.58. The number of rotatable bonds is 4. The zero-order valence-electron chi connectivity index (χ0n) is 10.3. The van der Waals surface area contributed by atoms with Gasteiger partial charge in [0.05, 0.1) is 12.1 Å².